The fourth-order valence-electron chi connectivity index (χ4n) is 2.01. The van der Waals surface area contributed by atoms with Gasteiger partial charge in [0.2, 0.25) is 0 Å². The van der Waals surface area contributed by atoms with E-state index in [1.54, 1.807) is 6.26 Å². The highest BCUT2D eigenvalue weighted by atomic mass is 79.9. The summed E-state index contributed by atoms with van der Waals surface area (Å²) in [7, 11) is 0. The Bertz CT molecular complexity index is 309. The lowest BCUT2D eigenvalue weighted by molar-refractivity contribution is 0.403. The van der Waals surface area contributed by atoms with Crippen LogP contribution >= 0.6 is 27.7 Å². The van der Waals surface area contributed by atoms with E-state index in [1.807, 2.05) is 6.07 Å². The molecule has 2 heterocycles. The molecule has 0 amide bonds. The van der Waals surface area contributed by atoms with Crippen molar-refractivity contribution in [2.45, 2.75) is 31.1 Å². The highest BCUT2D eigenvalue weighted by Gasteiger charge is 2.29. The average molecular weight is 290 g/mol. The van der Waals surface area contributed by atoms with Gasteiger partial charge in [0, 0.05) is 5.25 Å². The van der Waals surface area contributed by atoms with Gasteiger partial charge in [-0.1, -0.05) is 6.92 Å². The Morgan fingerprint density at radius 1 is 1.73 bits per heavy atom. The molecule has 1 aromatic rings. The first-order chi connectivity index (χ1) is 7.33. The van der Waals surface area contributed by atoms with E-state index in [9.17, 15) is 0 Å². The van der Waals surface area contributed by atoms with Crippen LogP contribution in [0.2, 0.25) is 0 Å². The molecular weight excluding hydrogens is 274 g/mol. The molecule has 2 unspecified atom stereocenters. The van der Waals surface area contributed by atoms with Crippen molar-refractivity contribution in [3.63, 3.8) is 0 Å². The molecule has 2 atom stereocenters. The minimum atomic E-state index is 0.354. The van der Waals surface area contributed by atoms with E-state index in [-0.39, 0.29) is 0 Å². The molecule has 2 rings (SSSR count). The second kappa shape index (κ2) is 5.41. The summed E-state index contributed by atoms with van der Waals surface area (Å²) in [6.45, 7) is 3.12. The monoisotopic (exact) mass is 289 g/mol. The van der Waals surface area contributed by atoms with E-state index < -0.39 is 0 Å². The predicted molar refractivity (Wildman–Crippen MR) is 68.3 cm³/mol. The molecule has 0 aromatic carbocycles. The van der Waals surface area contributed by atoms with Crippen molar-refractivity contribution >= 4 is 27.7 Å². The van der Waals surface area contributed by atoms with Crippen molar-refractivity contribution in [3.05, 3.63) is 22.6 Å². The smallest absolute Gasteiger partial charge is 0.135 e. The first-order valence-corrected chi connectivity index (χ1v) is 7.25. The Morgan fingerprint density at radius 2 is 2.60 bits per heavy atom. The molecule has 84 valence electrons. The number of nitrogens with one attached hydrogen (secondary N) is 1. The third-order valence-electron chi connectivity index (χ3n) is 2.69. The lowest BCUT2D eigenvalue weighted by Crippen LogP contribution is -2.28. The summed E-state index contributed by atoms with van der Waals surface area (Å²) in [6, 6.07) is 2.33. The van der Waals surface area contributed by atoms with Gasteiger partial charge in [-0.2, -0.15) is 11.8 Å². The van der Waals surface area contributed by atoms with Gasteiger partial charge in [-0.15, -0.1) is 0 Å². The molecule has 1 N–H and O–H groups in total. The van der Waals surface area contributed by atoms with Crippen molar-refractivity contribution < 1.29 is 4.42 Å². The summed E-state index contributed by atoms with van der Waals surface area (Å²) >= 11 is 5.60. The zero-order valence-corrected chi connectivity index (χ0v) is 11.2. The van der Waals surface area contributed by atoms with Crippen LogP contribution in [0.15, 0.2) is 21.2 Å². The summed E-state index contributed by atoms with van der Waals surface area (Å²) in [5.41, 5.74) is 0. The quantitative estimate of drug-likeness (QED) is 0.917. The van der Waals surface area contributed by atoms with Gasteiger partial charge in [0.15, 0.2) is 0 Å². The molecule has 0 spiro atoms. The minimum absolute atomic E-state index is 0.354. The van der Waals surface area contributed by atoms with Gasteiger partial charge in [-0.25, -0.2) is 0 Å². The maximum absolute atomic E-state index is 5.57. The van der Waals surface area contributed by atoms with Crippen LogP contribution in [-0.2, 0) is 0 Å². The fourth-order valence-corrected chi connectivity index (χ4v) is 3.84. The fraction of sp³-hybridized carbons (Fsp3) is 0.636. The highest BCUT2D eigenvalue weighted by Crippen LogP contribution is 2.38. The molecule has 1 aliphatic rings. The van der Waals surface area contributed by atoms with E-state index in [0.29, 0.717) is 11.3 Å². The maximum atomic E-state index is 5.57. The van der Waals surface area contributed by atoms with E-state index in [0.717, 1.165) is 16.8 Å². The van der Waals surface area contributed by atoms with Crippen molar-refractivity contribution in [1.82, 2.24) is 5.32 Å². The largest absolute Gasteiger partial charge is 0.466 e. The van der Waals surface area contributed by atoms with Gasteiger partial charge in [-0.05, 0) is 47.1 Å². The summed E-state index contributed by atoms with van der Waals surface area (Å²) in [5.74, 6) is 2.33. The minimum Gasteiger partial charge on any atom is -0.466 e. The number of thioether (sulfide) groups is 1. The van der Waals surface area contributed by atoms with Gasteiger partial charge >= 0.3 is 0 Å². The van der Waals surface area contributed by atoms with Gasteiger partial charge in [0.1, 0.15) is 5.76 Å². The summed E-state index contributed by atoms with van der Waals surface area (Å²) in [6.07, 6.45) is 4.37. The van der Waals surface area contributed by atoms with Crippen LogP contribution in [0.25, 0.3) is 0 Å². The van der Waals surface area contributed by atoms with E-state index >= 15 is 0 Å². The first kappa shape index (κ1) is 11.6. The molecule has 0 bridgehead atoms. The lowest BCUT2D eigenvalue weighted by Gasteiger charge is -2.22. The van der Waals surface area contributed by atoms with Crippen LogP contribution < -0.4 is 5.32 Å². The molecule has 1 fully saturated rings. The number of hydrogen-bond donors (Lipinski definition) is 1. The molecule has 0 aliphatic carbocycles. The molecular formula is C11H16BrNOS. The number of hydrogen-bond acceptors (Lipinski definition) is 3. The third kappa shape index (κ3) is 2.60. The van der Waals surface area contributed by atoms with Crippen molar-refractivity contribution in [2.75, 3.05) is 12.3 Å². The number of furan rings is 1. The standard InChI is InChI=1S/C11H16BrNOS/c1-2-13-10(9-4-3-7-15-9)11-8(12)5-6-14-11/h5-6,9-10,13H,2-4,7H2,1H3. The van der Waals surface area contributed by atoms with Crippen LogP contribution in [0.1, 0.15) is 31.6 Å². The molecule has 4 heteroatoms. The van der Waals surface area contributed by atoms with Gasteiger partial charge < -0.3 is 9.73 Å². The molecule has 0 radical (unpaired) electrons. The van der Waals surface area contributed by atoms with Crippen LogP contribution in [0.5, 0.6) is 0 Å². The highest BCUT2D eigenvalue weighted by molar-refractivity contribution is 9.10. The Hall–Kier alpha value is 0.0700. The van der Waals surface area contributed by atoms with Gasteiger partial charge in [0.25, 0.3) is 0 Å². The Balaban J connectivity index is 2.15. The molecule has 0 saturated carbocycles. The molecule has 15 heavy (non-hydrogen) atoms. The summed E-state index contributed by atoms with van der Waals surface area (Å²) < 4.78 is 6.65. The lowest BCUT2D eigenvalue weighted by atomic mass is 10.1. The summed E-state index contributed by atoms with van der Waals surface area (Å²) in [5, 5.41) is 4.18. The second-order valence-corrected chi connectivity index (χ2v) is 5.92. The van der Waals surface area contributed by atoms with Crippen LogP contribution in [-0.4, -0.2) is 17.5 Å². The number of rotatable bonds is 4. The second-order valence-electron chi connectivity index (χ2n) is 3.72. The zero-order valence-electron chi connectivity index (χ0n) is 8.83. The Labute approximate surface area is 103 Å². The van der Waals surface area contributed by atoms with Crippen molar-refractivity contribution in [3.8, 4) is 0 Å². The van der Waals surface area contributed by atoms with Crippen LogP contribution in [0.4, 0.5) is 0 Å². The van der Waals surface area contributed by atoms with Gasteiger partial charge in [0.05, 0.1) is 16.8 Å². The molecule has 2 nitrogen and oxygen atoms in total. The van der Waals surface area contributed by atoms with Crippen LogP contribution in [0, 0.1) is 0 Å². The Morgan fingerprint density at radius 3 is 3.13 bits per heavy atom. The Kier molecular flexibility index (Phi) is 4.17. The SMILES string of the molecule is CCNC(c1occc1Br)C1CCCS1. The average Bonchev–Trinajstić information content (AvgIpc) is 2.85. The third-order valence-corrected chi connectivity index (χ3v) is 4.80. The first-order valence-electron chi connectivity index (χ1n) is 5.40. The normalized spacial score (nSPS) is 23.2. The molecule has 1 saturated heterocycles. The van der Waals surface area contributed by atoms with Crippen LogP contribution in [0.3, 0.4) is 0 Å². The number of halogens is 1. The van der Waals surface area contributed by atoms with Gasteiger partial charge in [-0.3, -0.25) is 0 Å². The van der Waals surface area contributed by atoms with E-state index in [2.05, 4.69) is 39.9 Å². The van der Waals surface area contributed by atoms with E-state index in [1.165, 1.54) is 18.6 Å². The van der Waals surface area contributed by atoms with E-state index in [4.69, 9.17) is 4.42 Å². The molecule has 1 aromatic heterocycles. The predicted octanol–water partition coefficient (Wildman–Crippen LogP) is 3.59. The maximum Gasteiger partial charge on any atom is 0.135 e. The summed E-state index contributed by atoms with van der Waals surface area (Å²) in [4.78, 5) is 0. The van der Waals surface area contributed by atoms with Crippen molar-refractivity contribution in [2.24, 2.45) is 0 Å². The topological polar surface area (TPSA) is 25.2 Å². The zero-order chi connectivity index (χ0) is 10.7. The molecule has 1 aliphatic heterocycles. The van der Waals surface area contributed by atoms with Crippen molar-refractivity contribution in [1.29, 1.82) is 0 Å².